The van der Waals surface area contributed by atoms with Gasteiger partial charge in [-0.25, -0.2) is 18.2 Å². The van der Waals surface area contributed by atoms with Crippen molar-refractivity contribution in [2.75, 3.05) is 13.1 Å². The molecule has 1 unspecified atom stereocenters. The van der Waals surface area contributed by atoms with E-state index in [4.69, 9.17) is 4.42 Å². The molecule has 3 aromatic rings. The van der Waals surface area contributed by atoms with E-state index in [1.807, 2.05) is 29.2 Å². The summed E-state index contributed by atoms with van der Waals surface area (Å²) in [5.41, 5.74) is -0.311. The van der Waals surface area contributed by atoms with Gasteiger partial charge in [0.05, 0.1) is 0 Å². The molecule has 26 heavy (non-hydrogen) atoms. The Morgan fingerprint density at radius 1 is 1.23 bits per heavy atom. The number of hydrogen-bond donors (Lipinski definition) is 2. The normalized spacial score (nSPS) is 19.0. The van der Waals surface area contributed by atoms with E-state index in [9.17, 15) is 18.0 Å². The molecule has 1 saturated heterocycles. The summed E-state index contributed by atoms with van der Waals surface area (Å²) in [5, 5.41) is 0. The average molecular weight is 376 g/mol. The number of piperidine rings is 1. The molecule has 9 nitrogen and oxygen atoms in total. The molecule has 0 spiro atoms. The van der Waals surface area contributed by atoms with Crippen LogP contribution in [0.3, 0.4) is 0 Å². The lowest BCUT2D eigenvalue weighted by Crippen LogP contribution is -2.41. The molecule has 1 aliphatic heterocycles. The highest BCUT2D eigenvalue weighted by atomic mass is 32.2. The second-order valence-corrected chi connectivity index (χ2v) is 8.06. The van der Waals surface area contributed by atoms with Crippen LogP contribution in [0, 0.1) is 0 Å². The summed E-state index contributed by atoms with van der Waals surface area (Å²) in [6.07, 6.45) is 2.28. The van der Waals surface area contributed by atoms with Crippen molar-refractivity contribution in [3.05, 3.63) is 57.2 Å². The first-order chi connectivity index (χ1) is 12.4. The second-order valence-electron chi connectivity index (χ2n) is 6.16. The first-order valence-corrected chi connectivity index (χ1v) is 9.57. The summed E-state index contributed by atoms with van der Waals surface area (Å²) in [6, 6.07) is 7.34. The van der Waals surface area contributed by atoms with E-state index >= 15 is 0 Å². The van der Waals surface area contributed by atoms with Crippen LogP contribution in [0.2, 0.25) is 0 Å². The maximum Gasteiger partial charge on any atom is 0.325 e. The Morgan fingerprint density at radius 3 is 2.81 bits per heavy atom. The zero-order valence-electron chi connectivity index (χ0n) is 13.6. The number of benzene rings is 1. The number of aromatic nitrogens is 3. The first-order valence-electron chi connectivity index (χ1n) is 8.13. The van der Waals surface area contributed by atoms with Crippen molar-refractivity contribution >= 4 is 21.1 Å². The molecule has 0 bridgehead atoms. The third kappa shape index (κ3) is 2.86. The van der Waals surface area contributed by atoms with Crippen molar-refractivity contribution in [2.24, 2.45) is 0 Å². The molecule has 10 heteroatoms. The van der Waals surface area contributed by atoms with Crippen LogP contribution >= 0.6 is 0 Å². The van der Waals surface area contributed by atoms with Crippen molar-refractivity contribution in [1.82, 2.24) is 19.3 Å². The van der Waals surface area contributed by atoms with Crippen LogP contribution in [-0.2, 0) is 10.0 Å². The summed E-state index contributed by atoms with van der Waals surface area (Å²) in [6.45, 7) is 0.450. The Morgan fingerprint density at radius 2 is 2.04 bits per heavy atom. The largest absolute Gasteiger partial charge is 0.440 e. The molecule has 3 heterocycles. The minimum atomic E-state index is -4.03. The number of oxazole rings is 1. The number of sulfonamides is 1. The molecular weight excluding hydrogens is 360 g/mol. The Kier molecular flexibility index (Phi) is 4.00. The van der Waals surface area contributed by atoms with Gasteiger partial charge in [-0.2, -0.15) is 4.31 Å². The number of para-hydroxylation sites is 2. The van der Waals surface area contributed by atoms with Gasteiger partial charge in [-0.3, -0.25) is 9.78 Å². The number of nitrogens with one attached hydrogen (secondary N) is 2. The third-order valence-corrected chi connectivity index (χ3v) is 6.32. The van der Waals surface area contributed by atoms with E-state index in [1.165, 1.54) is 4.31 Å². The summed E-state index contributed by atoms with van der Waals surface area (Å²) in [5.74, 6) is 0.286. The van der Waals surface area contributed by atoms with Crippen molar-refractivity contribution in [1.29, 1.82) is 0 Å². The lowest BCUT2D eigenvalue weighted by molar-refractivity contribution is 0.288. The van der Waals surface area contributed by atoms with Gasteiger partial charge in [0.2, 0.25) is 10.0 Å². The van der Waals surface area contributed by atoms with Gasteiger partial charge >= 0.3 is 5.69 Å². The lowest BCUT2D eigenvalue weighted by Gasteiger charge is -2.30. The molecule has 1 atom stereocenters. The number of fused-ring (bicyclic) bond motifs is 1. The first kappa shape index (κ1) is 16.7. The molecule has 1 fully saturated rings. The van der Waals surface area contributed by atoms with E-state index < -0.39 is 26.2 Å². The molecule has 0 aliphatic carbocycles. The van der Waals surface area contributed by atoms with Gasteiger partial charge < -0.3 is 9.40 Å². The molecule has 0 radical (unpaired) electrons. The molecular formula is C16H16N4O5S. The number of nitrogens with zero attached hydrogens (tertiary/aromatic N) is 2. The minimum absolute atomic E-state index is 0.160. The van der Waals surface area contributed by atoms with E-state index in [1.54, 1.807) is 0 Å². The van der Waals surface area contributed by atoms with Crippen molar-refractivity contribution in [3.8, 4) is 0 Å². The van der Waals surface area contributed by atoms with Crippen LogP contribution in [0.15, 0.2) is 49.4 Å². The topological polar surface area (TPSA) is 129 Å². The van der Waals surface area contributed by atoms with Gasteiger partial charge in [-0.15, -0.1) is 0 Å². The maximum atomic E-state index is 12.8. The quantitative estimate of drug-likeness (QED) is 0.695. The summed E-state index contributed by atoms with van der Waals surface area (Å²) in [4.78, 5) is 31.1. The molecule has 2 aromatic heterocycles. The van der Waals surface area contributed by atoms with Gasteiger partial charge in [-0.05, 0) is 25.0 Å². The zero-order valence-corrected chi connectivity index (χ0v) is 14.5. The molecule has 1 aromatic carbocycles. The SMILES string of the molecule is O=c1[nH]cc(S(=O)(=O)N2CCCC(c3nc4ccccc4o3)C2)c(=O)[nH]1. The van der Waals surface area contributed by atoms with Gasteiger partial charge in [0, 0.05) is 25.2 Å². The fraction of sp³-hybridized carbons (Fsp3) is 0.312. The van der Waals surface area contributed by atoms with Gasteiger partial charge in [0.1, 0.15) is 5.52 Å². The van der Waals surface area contributed by atoms with E-state index in [2.05, 4.69) is 9.97 Å². The number of hydrogen-bond acceptors (Lipinski definition) is 6. The number of aromatic amines is 2. The number of H-pyrrole nitrogens is 2. The summed E-state index contributed by atoms with van der Waals surface area (Å²) in [7, 11) is -4.03. The molecule has 4 rings (SSSR count). The van der Waals surface area contributed by atoms with E-state index in [0.717, 1.165) is 18.1 Å². The monoisotopic (exact) mass is 376 g/mol. The van der Waals surface area contributed by atoms with E-state index in [0.29, 0.717) is 17.9 Å². The second kappa shape index (κ2) is 6.22. The molecule has 0 saturated carbocycles. The summed E-state index contributed by atoms with van der Waals surface area (Å²) >= 11 is 0. The van der Waals surface area contributed by atoms with Gasteiger partial charge in [0.25, 0.3) is 5.56 Å². The van der Waals surface area contributed by atoms with Crippen LogP contribution in [-0.4, -0.2) is 40.8 Å². The summed E-state index contributed by atoms with van der Waals surface area (Å²) < 4.78 is 32.6. The maximum absolute atomic E-state index is 12.8. The van der Waals surface area contributed by atoms with Crippen LogP contribution in [0.4, 0.5) is 0 Å². The highest BCUT2D eigenvalue weighted by Gasteiger charge is 2.34. The number of rotatable bonds is 3. The zero-order chi connectivity index (χ0) is 18.3. The highest BCUT2D eigenvalue weighted by Crippen LogP contribution is 2.30. The Balaban J connectivity index is 1.65. The Bertz CT molecular complexity index is 1140. The molecule has 0 amide bonds. The fourth-order valence-corrected chi connectivity index (χ4v) is 4.67. The lowest BCUT2D eigenvalue weighted by atomic mass is 10.00. The van der Waals surface area contributed by atoms with Crippen molar-refractivity contribution < 1.29 is 12.8 Å². The van der Waals surface area contributed by atoms with Crippen LogP contribution in [0.1, 0.15) is 24.7 Å². The van der Waals surface area contributed by atoms with Crippen LogP contribution < -0.4 is 11.2 Å². The van der Waals surface area contributed by atoms with Crippen LogP contribution in [0.25, 0.3) is 11.1 Å². The van der Waals surface area contributed by atoms with E-state index in [-0.39, 0.29) is 19.0 Å². The molecule has 1 aliphatic rings. The predicted molar refractivity (Wildman–Crippen MR) is 92.4 cm³/mol. The highest BCUT2D eigenvalue weighted by molar-refractivity contribution is 7.89. The van der Waals surface area contributed by atoms with Gasteiger partial charge in [-0.1, -0.05) is 12.1 Å². The fourth-order valence-electron chi connectivity index (χ4n) is 3.16. The molecule has 2 N–H and O–H groups in total. The third-order valence-electron chi connectivity index (χ3n) is 4.45. The standard InChI is InChI=1S/C16H16N4O5S/c21-14-13(8-17-16(22)19-14)26(23,24)20-7-3-4-10(9-20)15-18-11-5-1-2-6-12(11)25-15/h1-2,5-6,8,10H,3-4,7,9H2,(H2,17,19,21,22). The van der Waals surface area contributed by atoms with Gasteiger partial charge in [0.15, 0.2) is 16.4 Å². The molecule has 136 valence electrons. The average Bonchev–Trinajstić information content (AvgIpc) is 3.06. The Labute approximate surface area is 147 Å². The van der Waals surface area contributed by atoms with Crippen molar-refractivity contribution in [2.45, 2.75) is 23.7 Å². The smallest absolute Gasteiger partial charge is 0.325 e. The van der Waals surface area contributed by atoms with Crippen molar-refractivity contribution in [3.63, 3.8) is 0 Å². The van der Waals surface area contributed by atoms with Crippen LogP contribution in [0.5, 0.6) is 0 Å². The minimum Gasteiger partial charge on any atom is -0.440 e. The predicted octanol–water partition coefficient (Wildman–Crippen LogP) is 0.773. The Hall–Kier alpha value is -2.72.